The molecule has 20 heavy (non-hydrogen) atoms. The van der Waals surface area contributed by atoms with E-state index in [0.717, 1.165) is 12.8 Å². The first-order chi connectivity index (χ1) is 9.46. The van der Waals surface area contributed by atoms with E-state index < -0.39 is 10.0 Å². The summed E-state index contributed by atoms with van der Waals surface area (Å²) in [5.41, 5.74) is 6.87. The van der Waals surface area contributed by atoms with E-state index in [0.29, 0.717) is 24.3 Å². The van der Waals surface area contributed by atoms with Crippen LogP contribution >= 0.6 is 12.2 Å². The van der Waals surface area contributed by atoms with Gasteiger partial charge in [-0.15, -0.1) is 0 Å². The topological polar surface area (TPSA) is 81.4 Å². The Morgan fingerprint density at radius 3 is 2.95 bits per heavy atom. The fourth-order valence-electron chi connectivity index (χ4n) is 2.11. The summed E-state index contributed by atoms with van der Waals surface area (Å²) in [6.45, 7) is 1.04. The largest absolute Gasteiger partial charge is 0.389 e. The molecule has 1 fully saturated rings. The zero-order valence-electron chi connectivity index (χ0n) is 11.0. The fraction of sp³-hybridized carbons (Fsp3) is 0.462. The lowest BCUT2D eigenvalue weighted by atomic mass is 10.1. The van der Waals surface area contributed by atoms with E-state index in [-0.39, 0.29) is 16.8 Å². The molecule has 0 spiro atoms. The average molecular weight is 314 g/mol. The van der Waals surface area contributed by atoms with E-state index in [1.165, 1.54) is 0 Å². The second-order valence-electron chi connectivity index (χ2n) is 4.81. The lowest BCUT2D eigenvalue weighted by molar-refractivity contribution is 0.114. The minimum Gasteiger partial charge on any atom is -0.389 e. The van der Waals surface area contributed by atoms with Crippen LogP contribution in [0, 0.1) is 0 Å². The Morgan fingerprint density at radius 1 is 1.50 bits per heavy atom. The number of ether oxygens (including phenoxy) is 1. The predicted octanol–water partition coefficient (Wildman–Crippen LogP) is 0.919. The number of nitrogens with two attached hydrogens (primary N) is 1. The first-order valence-corrected chi connectivity index (χ1v) is 8.50. The lowest BCUT2D eigenvalue weighted by Crippen LogP contribution is -2.32. The molecule has 0 aliphatic carbocycles. The molecule has 7 heteroatoms. The number of rotatable bonds is 6. The predicted molar refractivity (Wildman–Crippen MR) is 81.9 cm³/mol. The van der Waals surface area contributed by atoms with Crippen LogP contribution in [0.2, 0.25) is 0 Å². The highest BCUT2D eigenvalue weighted by Crippen LogP contribution is 2.12. The normalized spacial score (nSPS) is 19.1. The molecule has 0 amide bonds. The third-order valence-electron chi connectivity index (χ3n) is 3.12. The highest BCUT2D eigenvalue weighted by Gasteiger charge is 2.19. The van der Waals surface area contributed by atoms with Crippen LogP contribution < -0.4 is 10.5 Å². The van der Waals surface area contributed by atoms with Crippen LogP contribution in [0.5, 0.6) is 0 Å². The van der Waals surface area contributed by atoms with Crippen molar-refractivity contribution in [2.45, 2.75) is 24.7 Å². The van der Waals surface area contributed by atoms with Gasteiger partial charge < -0.3 is 10.5 Å². The van der Waals surface area contributed by atoms with Gasteiger partial charge in [-0.25, -0.2) is 13.1 Å². The van der Waals surface area contributed by atoms with Gasteiger partial charge in [-0.3, -0.25) is 0 Å². The van der Waals surface area contributed by atoms with Crippen molar-refractivity contribution in [3.63, 3.8) is 0 Å². The van der Waals surface area contributed by atoms with Gasteiger partial charge in [-0.2, -0.15) is 0 Å². The Balaban J connectivity index is 1.96. The van der Waals surface area contributed by atoms with Gasteiger partial charge in [-0.1, -0.05) is 30.4 Å². The van der Waals surface area contributed by atoms with Gasteiger partial charge in [0.1, 0.15) is 4.99 Å². The maximum Gasteiger partial charge on any atom is 0.215 e. The van der Waals surface area contributed by atoms with E-state index >= 15 is 0 Å². The highest BCUT2D eigenvalue weighted by atomic mass is 32.2. The molecule has 110 valence electrons. The van der Waals surface area contributed by atoms with Gasteiger partial charge in [0, 0.05) is 18.7 Å². The highest BCUT2D eigenvalue weighted by molar-refractivity contribution is 7.88. The molecule has 0 bridgehead atoms. The van der Waals surface area contributed by atoms with Crippen molar-refractivity contribution in [1.29, 1.82) is 0 Å². The van der Waals surface area contributed by atoms with E-state index in [1.54, 1.807) is 24.3 Å². The molecular formula is C13H18N2O3S2. The van der Waals surface area contributed by atoms with E-state index in [2.05, 4.69) is 4.72 Å². The number of benzene rings is 1. The number of thiocarbonyl (C=S) groups is 1. The maximum absolute atomic E-state index is 12.0. The van der Waals surface area contributed by atoms with Crippen molar-refractivity contribution in [3.05, 3.63) is 35.4 Å². The zero-order chi connectivity index (χ0) is 14.6. The molecule has 1 aliphatic rings. The van der Waals surface area contributed by atoms with E-state index in [1.807, 2.05) is 0 Å². The Hall–Kier alpha value is -1.02. The van der Waals surface area contributed by atoms with Crippen LogP contribution in [0.25, 0.3) is 0 Å². The molecule has 0 saturated carbocycles. The molecule has 1 aliphatic heterocycles. The molecule has 5 nitrogen and oxygen atoms in total. The van der Waals surface area contributed by atoms with Crippen molar-refractivity contribution in [2.75, 3.05) is 13.2 Å². The summed E-state index contributed by atoms with van der Waals surface area (Å²) in [4.78, 5) is 0.261. The van der Waals surface area contributed by atoms with Crippen molar-refractivity contribution in [1.82, 2.24) is 4.72 Å². The molecule has 1 heterocycles. The summed E-state index contributed by atoms with van der Waals surface area (Å²) < 4.78 is 32.0. The summed E-state index contributed by atoms with van der Waals surface area (Å²) in [5.74, 6) is -0.0871. The van der Waals surface area contributed by atoms with Crippen LogP contribution in [0.15, 0.2) is 24.3 Å². The third-order valence-corrected chi connectivity index (χ3v) is 4.68. The van der Waals surface area contributed by atoms with Gasteiger partial charge in [-0.05, 0) is 24.5 Å². The van der Waals surface area contributed by atoms with Crippen LogP contribution in [0.4, 0.5) is 0 Å². The number of nitrogens with one attached hydrogen (secondary N) is 1. The van der Waals surface area contributed by atoms with Crippen LogP contribution in [0.1, 0.15) is 24.0 Å². The lowest BCUT2D eigenvalue weighted by Gasteiger charge is -2.11. The zero-order valence-corrected chi connectivity index (χ0v) is 12.7. The van der Waals surface area contributed by atoms with Crippen molar-refractivity contribution < 1.29 is 13.2 Å². The van der Waals surface area contributed by atoms with Crippen LogP contribution in [-0.4, -0.2) is 32.7 Å². The molecule has 1 aromatic rings. The van der Waals surface area contributed by atoms with Crippen molar-refractivity contribution in [2.24, 2.45) is 5.73 Å². The quantitative estimate of drug-likeness (QED) is 0.763. The summed E-state index contributed by atoms with van der Waals surface area (Å²) >= 11 is 4.88. The monoisotopic (exact) mass is 314 g/mol. The Labute approximate surface area is 124 Å². The SMILES string of the molecule is NC(=S)c1cccc(CS(=O)(=O)NCC2CCCO2)c1. The van der Waals surface area contributed by atoms with E-state index in [4.69, 9.17) is 22.7 Å². The molecule has 1 saturated heterocycles. The second kappa shape index (κ2) is 6.62. The summed E-state index contributed by atoms with van der Waals surface area (Å²) in [7, 11) is -3.38. The molecule has 3 N–H and O–H groups in total. The van der Waals surface area contributed by atoms with Crippen molar-refractivity contribution >= 4 is 27.2 Å². The molecular weight excluding hydrogens is 296 g/mol. The van der Waals surface area contributed by atoms with Gasteiger partial charge in [0.25, 0.3) is 0 Å². The average Bonchev–Trinajstić information content (AvgIpc) is 2.89. The molecule has 1 aromatic carbocycles. The summed E-state index contributed by atoms with van der Waals surface area (Å²) in [6.07, 6.45) is 1.88. The number of hydrogen-bond donors (Lipinski definition) is 2. The Bertz CT molecular complexity index is 581. The molecule has 0 aromatic heterocycles. The third kappa shape index (κ3) is 4.52. The standard InChI is InChI=1S/C13H18N2O3S2/c14-13(19)11-4-1-3-10(7-11)9-20(16,17)15-8-12-5-2-6-18-12/h1,3-4,7,12,15H,2,5-6,8-9H2,(H2,14,19). The number of hydrogen-bond acceptors (Lipinski definition) is 4. The first kappa shape index (κ1) is 15.4. The smallest absolute Gasteiger partial charge is 0.215 e. The first-order valence-electron chi connectivity index (χ1n) is 6.44. The second-order valence-corrected chi connectivity index (χ2v) is 7.05. The van der Waals surface area contributed by atoms with Gasteiger partial charge in [0.2, 0.25) is 10.0 Å². The van der Waals surface area contributed by atoms with Gasteiger partial charge >= 0.3 is 0 Å². The van der Waals surface area contributed by atoms with Crippen LogP contribution in [-0.2, 0) is 20.5 Å². The maximum atomic E-state index is 12.0. The Kier molecular flexibility index (Phi) is 5.09. The van der Waals surface area contributed by atoms with Crippen molar-refractivity contribution in [3.8, 4) is 0 Å². The molecule has 2 rings (SSSR count). The van der Waals surface area contributed by atoms with Gasteiger partial charge in [0.05, 0.1) is 11.9 Å². The molecule has 1 atom stereocenters. The fourth-order valence-corrected chi connectivity index (χ4v) is 3.40. The van der Waals surface area contributed by atoms with E-state index in [9.17, 15) is 8.42 Å². The summed E-state index contributed by atoms with van der Waals surface area (Å²) in [6, 6.07) is 6.96. The van der Waals surface area contributed by atoms with Crippen LogP contribution in [0.3, 0.4) is 0 Å². The summed E-state index contributed by atoms with van der Waals surface area (Å²) in [5, 5.41) is 0. The Morgan fingerprint density at radius 2 is 2.30 bits per heavy atom. The molecule has 1 unspecified atom stereocenters. The minimum atomic E-state index is -3.38. The van der Waals surface area contributed by atoms with Gasteiger partial charge in [0.15, 0.2) is 0 Å². The number of sulfonamides is 1. The molecule has 0 radical (unpaired) electrons. The minimum absolute atomic E-state index is 0.00673.